The van der Waals surface area contributed by atoms with Gasteiger partial charge in [0, 0.05) is 39.0 Å². The average molecular weight is 387 g/mol. The van der Waals surface area contributed by atoms with E-state index < -0.39 is 0 Å². The summed E-state index contributed by atoms with van der Waals surface area (Å²) in [5.41, 5.74) is 0.580. The van der Waals surface area contributed by atoms with Crippen molar-refractivity contribution in [1.82, 2.24) is 10.2 Å². The zero-order valence-electron chi connectivity index (χ0n) is 16.1. The number of anilines is 1. The number of piperazine rings is 1. The number of hydrogen-bond acceptors (Lipinski definition) is 4. The van der Waals surface area contributed by atoms with E-state index in [0.717, 1.165) is 0 Å². The van der Waals surface area contributed by atoms with E-state index in [-0.39, 0.29) is 23.5 Å². The molecule has 1 atom stereocenters. The summed E-state index contributed by atoms with van der Waals surface area (Å²) in [6.07, 6.45) is 2.18. The van der Waals surface area contributed by atoms with Crippen LogP contribution < -0.4 is 10.2 Å². The first-order chi connectivity index (χ1) is 13.5. The number of rotatable bonds is 7. The summed E-state index contributed by atoms with van der Waals surface area (Å²) in [6, 6.07) is 10.3. The first-order valence-electron chi connectivity index (χ1n) is 9.59. The van der Waals surface area contributed by atoms with Gasteiger partial charge in [-0.05, 0) is 30.2 Å². The molecule has 2 aromatic rings. The third-order valence-corrected chi connectivity index (χ3v) is 4.92. The van der Waals surface area contributed by atoms with Crippen LogP contribution in [-0.2, 0) is 16.1 Å². The predicted octanol–water partition coefficient (Wildman–Crippen LogP) is 2.80. The first-order valence-corrected chi connectivity index (χ1v) is 9.59. The predicted molar refractivity (Wildman–Crippen MR) is 104 cm³/mol. The second-order valence-corrected chi connectivity index (χ2v) is 7.19. The zero-order valence-corrected chi connectivity index (χ0v) is 16.1. The standard InChI is InChI=1S/C21H26FN3O3/c1-16(13-20(26)23-15-17-5-4-12-28-17)14-21(27)25-10-8-24(9-11-25)19-7-3-2-6-18(19)22/h2-7,12,16H,8-11,13-15H2,1H3,(H,23,26)/t16-/m1/s1. The first kappa shape index (κ1) is 19.9. The third kappa shape index (κ3) is 5.34. The number of benzene rings is 1. The average Bonchev–Trinajstić information content (AvgIpc) is 3.20. The minimum atomic E-state index is -0.239. The molecule has 1 saturated heterocycles. The van der Waals surface area contributed by atoms with Gasteiger partial charge < -0.3 is 19.5 Å². The molecule has 0 saturated carbocycles. The molecular formula is C21H26FN3O3. The molecule has 7 heteroatoms. The van der Waals surface area contributed by atoms with Gasteiger partial charge in [0.2, 0.25) is 11.8 Å². The Morgan fingerprint density at radius 1 is 1.11 bits per heavy atom. The number of nitrogens with zero attached hydrogens (tertiary/aromatic N) is 2. The fourth-order valence-electron chi connectivity index (χ4n) is 3.39. The molecule has 1 N–H and O–H groups in total. The summed E-state index contributed by atoms with van der Waals surface area (Å²) in [6.45, 7) is 4.58. The summed E-state index contributed by atoms with van der Waals surface area (Å²) in [5.74, 6) is 0.357. The lowest BCUT2D eigenvalue weighted by Crippen LogP contribution is -2.49. The summed E-state index contributed by atoms with van der Waals surface area (Å²) < 4.78 is 19.1. The summed E-state index contributed by atoms with van der Waals surface area (Å²) in [4.78, 5) is 28.3. The quantitative estimate of drug-likeness (QED) is 0.793. The van der Waals surface area contributed by atoms with E-state index in [1.807, 2.05) is 17.9 Å². The van der Waals surface area contributed by atoms with Crippen molar-refractivity contribution in [1.29, 1.82) is 0 Å². The highest BCUT2D eigenvalue weighted by Crippen LogP contribution is 2.21. The molecule has 150 valence electrons. The number of carbonyl (C=O) groups excluding carboxylic acids is 2. The third-order valence-electron chi connectivity index (χ3n) is 4.92. The molecule has 1 aromatic heterocycles. The number of nitrogens with one attached hydrogen (secondary N) is 1. The molecule has 0 radical (unpaired) electrons. The van der Waals surface area contributed by atoms with Gasteiger partial charge in [-0.2, -0.15) is 0 Å². The van der Waals surface area contributed by atoms with E-state index in [1.54, 1.807) is 35.4 Å². The van der Waals surface area contributed by atoms with Crippen LogP contribution in [0.15, 0.2) is 47.1 Å². The van der Waals surface area contributed by atoms with E-state index in [4.69, 9.17) is 4.42 Å². The summed E-state index contributed by atoms with van der Waals surface area (Å²) >= 11 is 0. The molecule has 1 aliphatic rings. The normalized spacial score (nSPS) is 15.4. The number of hydrogen-bond donors (Lipinski definition) is 1. The van der Waals surface area contributed by atoms with E-state index in [2.05, 4.69) is 5.32 Å². The lowest BCUT2D eigenvalue weighted by molar-refractivity contribution is -0.132. The fourth-order valence-corrected chi connectivity index (χ4v) is 3.39. The fraction of sp³-hybridized carbons (Fsp3) is 0.429. The van der Waals surface area contributed by atoms with Crippen molar-refractivity contribution in [3.8, 4) is 0 Å². The van der Waals surface area contributed by atoms with Crippen LogP contribution in [0.2, 0.25) is 0 Å². The number of furan rings is 1. The Morgan fingerprint density at radius 3 is 2.54 bits per heavy atom. The smallest absolute Gasteiger partial charge is 0.222 e. The second kappa shape index (κ2) is 9.39. The molecule has 1 fully saturated rings. The van der Waals surface area contributed by atoms with Crippen molar-refractivity contribution in [3.63, 3.8) is 0 Å². The summed E-state index contributed by atoms with van der Waals surface area (Å²) in [5, 5.41) is 2.80. The Kier molecular flexibility index (Phi) is 6.68. The van der Waals surface area contributed by atoms with Crippen molar-refractivity contribution in [3.05, 3.63) is 54.2 Å². The van der Waals surface area contributed by atoms with Gasteiger partial charge in [-0.1, -0.05) is 19.1 Å². The lowest BCUT2D eigenvalue weighted by Gasteiger charge is -2.36. The molecular weight excluding hydrogens is 361 g/mol. The number of carbonyl (C=O) groups is 2. The molecule has 2 amide bonds. The molecule has 3 rings (SSSR count). The van der Waals surface area contributed by atoms with Crippen LogP contribution >= 0.6 is 0 Å². The number of para-hydroxylation sites is 1. The van der Waals surface area contributed by atoms with E-state index in [0.29, 0.717) is 57.0 Å². The second-order valence-electron chi connectivity index (χ2n) is 7.19. The van der Waals surface area contributed by atoms with Crippen LogP contribution in [0.25, 0.3) is 0 Å². The van der Waals surface area contributed by atoms with Crippen LogP contribution in [-0.4, -0.2) is 42.9 Å². The minimum Gasteiger partial charge on any atom is -0.467 e. The highest BCUT2D eigenvalue weighted by Gasteiger charge is 2.24. The van der Waals surface area contributed by atoms with Gasteiger partial charge in [0.1, 0.15) is 11.6 Å². The Morgan fingerprint density at radius 2 is 1.86 bits per heavy atom. The van der Waals surface area contributed by atoms with Gasteiger partial charge in [-0.3, -0.25) is 9.59 Å². The van der Waals surface area contributed by atoms with Crippen LogP contribution in [0.3, 0.4) is 0 Å². The van der Waals surface area contributed by atoms with E-state index in [1.165, 1.54) is 6.07 Å². The SMILES string of the molecule is C[C@H](CC(=O)NCc1ccco1)CC(=O)N1CCN(c2ccccc2F)CC1. The van der Waals surface area contributed by atoms with E-state index >= 15 is 0 Å². The maximum Gasteiger partial charge on any atom is 0.222 e. The van der Waals surface area contributed by atoms with Gasteiger partial charge in [0.15, 0.2) is 0 Å². The van der Waals surface area contributed by atoms with Crippen LogP contribution in [0.1, 0.15) is 25.5 Å². The maximum atomic E-state index is 13.9. The Bertz CT molecular complexity index is 786. The molecule has 0 spiro atoms. The lowest BCUT2D eigenvalue weighted by atomic mass is 10.0. The van der Waals surface area contributed by atoms with Gasteiger partial charge >= 0.3 is 0 Å². The maximum absolute atomic E-state index is 13.9. The van der Waals surface area contributed by atoms with Crippen molar-refractivity contribution in [2.24, 2.45) is 5.92 Å². The van der Waals surface area contributed by atoms with Gasteiger partial charge in [0.25, 0.3) is 0 Å². The largest absolute Gasteiger partial charge is 0.467 e. The molecule has 1 aliphatic heterocycles. The molecule has 28 heavy (non-hydrogen) atoms. The molecule has 1 aromatic carbocycles. The zero-order chi connectivity index (χ0) is 19.9. The molecule has 0 bridgehead atoms. The van der Waals surface area contributed by atoms with Crippen molar-refractivity contribution >= 4 is 17.5 Å². The van der Waals surface area contributed by atoms with Gasteiger partial charge in [-0.25, -0.2) is 4.39 Å². The number of amides is 2. The monoisotopic (exact) mass is 387 g/mol. The van der Waals surface area contributed by atoms with Gasteiger partial charge in [-0.15, -0.1) is 0 Å². The minimum absolute atomic E-state index is 0.0412. The topological polar surface area (TPSA) is 65.8 Å². The van der Waals surface area contributed by atoms with Gasteiger partial charge in [0.05, 0.1) is 18.5 Å². The molecule has 6 nitrogen and oxygen atoms in total. The van der Waals surface area contributed by atoms with E-state index in [9.17, 15) is 14.0 Å². The highest BCUT2D eigenvalue weighted by molar-refractivity contribution is 5.79. The Balaban J connectivity index is 1.40. The Hall–Kier alpha value is -2.83. The highest BCUT2D eigenvalue weighted by atomic mass is 19.1. The van der Waals surface area contributed by atoms with Crippen LogP contribution in [0.4, 0.5) is 10.1 Å². The Labute approximate surface area is 164 Å². The number of halogens is 1. The van der Waals surface area contributed by atoms with Crippen LogP contribution in [0.5, 0.6) is 0 Å². The molecule has 0 aliphatic carbocycles. The van der Waals surface area contributed by atoms with Crippen molar-refractivity contribution in [2.45, 2.75) is 26.3 Å². The molecule has 0 unspecified atom stereocenters. The molecule has 2 heterocycles. The summed E-state index contributed by atoms with van der Waals surface area (Å²) in [7, 11) is 0. The van der Waals surface area contributed by atoms with Crippen molar-refractivity contribution in [2.75, 3.05) is 31.1 Å². The van der Waals surface area contributed by atoms with Crippen LogP contribution in [0, 0.1) is 11.7 Å². The van der Waals surface area contributed by atoms with Crippen molar-refractivity contribution < 1.29 is 18.4 Å².